The number of rotatable bonds is 5. The molecular weight excluding hydrogens is 325 g/mol. The van der Waals surface area contributed by atoms with E-state index in [-0.39, 0.29) is 6.42 Å². The fourth-order valence-corrected chi connectivity index (χ4v) is 2.99. The highest BCUT2D eigenvalue weighted by atomic mass is 32.1. The molecule has 2 N–H and O–H groups in total. The molecule has 0 radical (unpaired) electrons. The third-order valence-electron chi connectivity index (χ3n) is 2.53. The van der Waals surface area contributed by atoms with Crippen LogP contribution in [0.15, 0.2) is 22.2 Å². The van der Waals surface area contributed by atoms with Crippen molar-refractivity contribution >= 4 is 28.6 Å². The Balaban J connectivity index is 1.86. The van der Waals surface area contributed by atoms with Gasteiger partial charge in [0.2, 0.25) is 5.91 Å². The van der Waals surface area contributed by atoms with Gasteiger partial charge >= 0.3 is 6.18 Å². The number of nitrogens with zero attached hydrogens (tertiary/aromatic N) is 1. The van der Waals surface area contributed by atoms with Crippen LogP contribution in [-0.2, 0) is 11.2 Å². The number of carbonyl (C=O) groups is 1. The summed E-state index contributed by atoms with van der Waals surface area (Å²) in [5.74, 6) is -0.611. The van der Waals surface area contributed by atoms with E-state index in [1.807, 2.05) is 22.1 Å². The molecule has 0 aliphatic carbocycles. The number of hydrogen-bond donors (Lipinski definition) is 2. The number of alkyl halides is 3. The first-order chi connectivity index (χ1) is 9.86. The number of amides is 1. The summed E-state index contributed by atoms with van der Waals surface area (Å²) >= 11 is 2.89. The Morgan fingerprint density at radius 1 is 1.43 bits per heavy atom. The van der Waals surface area contributed by atoms with Crippen LogP contribution in [0.1, 0.15) is 5.69 Å². The van der Waals surface area contributed by atoms with Crippen LogP contribution in [-0.4, -0.2) is 34.8 Å². The molecule has 0 bridgehead atoms. The molecule has 9 heteroatoms. The highest BCUT2D eigenvalue weighted by molar-refractivity contribution is 7.14. The number of aromatic nitrogens is 1. The second-order valence-electron chi connectivity index (χ2n) is 4.19. The second-order valence-corrected chi connectivity index (χ2v) is 5.83. The van der Waals surface area contributed by atoms with Crippen LogP contribution in [0.25, 0.3) is 10.6 Å². The first-order valence-electron chi connectivity index (χ1n) is 5.84. The van der Waals surface area contributed by atoms with Crippen LogP contribution in [0.4, 0.5) is 13.2 Å². The first kappa shape index (κ1) is 15.9. The van der Waals surface area contributed by atoms with Gasteiger partial charge in [0.05, 0.1) is 18.7 Å². The molecule has 4 nitrogen and oxygen atoms in total. The van der Waals surface area contributed by atoms with Gasteiger partial charge in [0, 0.05) is 16.3 Å². The quantitative estimate of drug-likeness (QED) is 0.882. The van der Waals surface area contributed by atoms with Crippen LogP contribution in [0, 0.1) is 0 Å². The number of aliphatic hydroxyl groups is 1. The minimum absolute atomic E-state index is 0.120. The first-order valence-corrected chi connectivity index (χ1v) is 7.67. The van der Waals surface area contributed by atoms with Crippen LogP contribution < -0.4 is 5.32 Å². The van der Waals surface area contributed by atoms with E-state index >= 15 is 0 Å². The zero-order valence-corrected chi connectivity index (χ0v) is 12.2. The third-order valence-corrected chi connectivity index (χ3v) is 4.16. The molecule has 0 saturated heterocycles. The van der Waals surface area contributed by atoms with Crippen molar-refractivity contribution in [3.05, 3.63) is 27.9 Å². The molecule has 114 valence electrons. The van der Waals surface area contributed by atoms with Crippen molar-refractivity contribution in [3.63, 3.8) is 0 Å². The topological polar surface area (TPSA) is 62.2 Å². The average Bonchev–Trinajstić information content (AvgIpc) is 3.04. The predicted octanol–water partition coefficient (Wildman–Crippen LogP) is 2.45. The van der Waals surface area contributed by atoms with Crippen molar-refractivity contribution in [1.29, 1.82) is 0 Å². The van der Waals surface area contributed by atoms with E-state index in [0.29, 0.717) is 5.69 Å². The lowest BCUT2D eigenvalue weighted by Gasteiger charge is -2.14. The minimum atomic E-state index is -4.74. The largest absolute Gasteiger partial charge is 0.416 e. The standard InChI is InChI=1S/C12H11F3N2O2S2/c13-12(14,15)9(18)4-16-10(19)3-8-6-21-11(17-8)7-1-2-20-5-7/h1-2,5-6,9,18H,3-4H2,(H,16,19). The summed E-state index contributed by atoms with van der Waals surface area (Å²) in [6.07, 6.45) is -7.41. The summed E-state index contributed by atoms with van der Waals surface area (Å²) in [5, 5.41) is 17.1. The molecule has 2 aromatic heterocycles. The molecule has 0 aromatic carbocycles. The molecule has 0 aliphatic heterocycles. The number of thiazole rings is 1. The van der Waals surface area contributed by atoms with Crippen LogP contribution in [0.5, 0.6) is 0 Å². The SMILES string of the molecule is O=C(Cc1csc(-c2ccsc2)n1)NCC(O)C(F)(F)F. The number of thiophene rings is 1. The molecule has 1 atom stereocenters. The molecule has 0 spiro atoms. The van der Waals surface area contributed by atoms with Crippen LogP contribution in [0.2, 0.25) is 0 Å². The normalized spacial score (nSPS) is 13.1. The smallest absolute Gasteiger partial charge is 0.382 e. The molecule has 0 aliphatic rings. The van der Waals surface area contributed by atoms with E-state index in [4.69, 9.17) is 5.11 Å². The molecule has 1 unspecified atom stereocenters. The summed E-state index contributed by atoms with van der Waals surface area (Å²) in [7, 11) is 0. The van der Waals surface area contributed by atoms with Gasteiger partial charge in [-0.2, -0.15) is 24.5 Å². The number of aliphatic hydroxyl groups excluding tert-OH is 1. The molecule has 21 heavy (non-hydrogen) atoms. The van der Waals surface area contributed by atoms with E-state index in [9.17, 15) is 18.0 Å². The fraction of sp³-hybridized carbons (Fsp3) is 0.333. The number of hydrogen-bond acceptors (Lipinski definition) is 5. The van der Waals surface area contributed by atoms with Crippen molar-refractivity contribution < 1.29 is 23.1 Å². The van der Waals surface area contributed by atoms with Gasteiger partial charge in [0.25, 0.3) is 0 Å². The highest BCUT2D eigenvalue weighted by Crippen LogP contribution is 2.25. The van der Waals surface area contributed by atoms with Gasteiger partial charge in [-0.05, 0) is 11.4 Å². The van der Waals surface area contributed by atoms with Crippen molar-refractivity contribution in [2.75, 3.05) is 6.54 Å². The Bertz CT molecular complexity index is 596. The Kier molecular flexibility index (Phi) is 4.96. The maximum Gasteiger partial charge on any atom is 0.416 e. The summed E-state index contributed by atoms with van der Waals surface area (Å²) in [5.41, 5.74) is 1.43. The number of halogens is 3. The highest BCUT2D eigenvalue weighted by Gasteiger charge is 2.38. The summed E-state index contributed by atoms with van der Waals surface area (Å²) in [6.45, 7) is -0.857. The van der Waals surface area contributed by atoms with Crippen molar-refractivity contribution in [2.24, 2.45) is 0 Å². The average molecular weight is 336 g/mol. The lowest BCUT2D eigenvalue weighted by molar-refractivity contribution is -0.201. The Labute approximate surface area is 126 Å². The van der Waals surface area contributed by atoms with Crippen molar-refractivity contribution in [3.8, 4) is 10.6 Å². The van der Waals surface area contributed by atoms with E-state index in [1.54, 1.807) is 5.38 Å². The van der Waals surface area contributed by atoms with Gasteiger partial charge in [-0.3, -0.25) is 4.79 Å². The fourth-order valence-electron chi connectivity index (χ4n) is 1.46. The van der Waals surface area contributed by atoms with E-state index < -0.39 is 24.7 Å². The Morgan fingerprint density at radius 3 is 2.81 bits per heavy atom. The summed E-state index contributed by atoms with van der Waals surface area (Å²) in [4.78, 5) is 15.8. The van der Waals surface area contributed by atoms with Crippen molar-refractivity contribution in [2.45, 2.75) is 18.7 Å². The maximum atomic E-state index is 12.1. The zero-order chi connectivity index (χ0) is 15.5. The number of nitrogens with one attached hydrogen (secondary N) is 1. The lowest BCUT2D eigenvalue weighted by Crippen LogP contribution is -2.41. The summed E-state index contributed by atoms with van der Waals surface area (Å²) in [6, 6.07) is 1.90. The van der Waals surface area contributed by atoms with Crippen LogP contribution >= 0.6 is 22.7 Å². The molecule has 1 amide bonds. The molecule has 2 aromatic rings. The van der Waals surface area contributed by atoms with Gasteiger partial charge in [0.15, 0.2) is 6.10 Å². The van der Waals surface area contributed by atoms with Gasteiger partial charge in [-0.1, -0.05) is 0 Å². The zero-order valence-electron chi connectivity index (χ0n) is 10.6. The van der Waals surface area contributed by atoms with E-state index in [2.05, 4.69) is 4.98 Å². The van der Waals surface area contributed by atoms with Gasteiger partial charge < -0.3 is 10.4 Å². The van der Waals surface area contributed by atoms with E-state index in [1.165, 1.54) is 22.7 Å². The molecular formula is C12H11F3N2O2S2. The predicted molar refractivity (Wildman–Crippen MR) is 74.2 cm³/mol. The molecule has 2 rings (SSSR count). The Hall–Kier alpha value is -1.45. The van der Waals surface area contributed by atoms with Crippen LogP contribution in [0.3, 0.4) is 0 Å². The number of carbonyl (C=O) groups excluding carboxylic acids is 1. The van der Waals surface area contributed by atoms with E-state index in [0.717, 1.165) is 10.6 Å². The Morgan fingerprint density at radius 2 is 2.19 bits per heavy atom. The van der Waals surface area contributed by atoms with Gasteiger partial charge in [-0.25, -0.2) is 4.98 Å². The minimum Gasteiger partial charge on any atom is -0.382 e. The monoisotopic (exact) mass is 336 g/mol. The van der Waals surface area contributed by atoms with Gasteiger partial charge in [-0.15, -0.1) is 11.3 Å². The maximum absolute atomic E-state index is 12.1. The molecule has 0 saturated carbocycles. The third kappa shape index (κ3) is 4.51. The molecule has 0 fully saturated rings. The summed E-state index contributed by atoms with van der Waals surface area (Å²) < 4.78 is 36.2. The van der Waals surface area contributed by atoms with Crippen molar-refractivity contribution in [1.82, 2.24) is 10.3 Å². The second kappa shape index (κ2) is 6.54. The molecule has 2 heterocycles. The lowest BCUT2D eigenvalue weighted by atomic mass is 10.3. The van der Waals surface area contributed by atoms with Gasteiger partial charge in [0.1, 0.15) is 5.01 Å².